The van der Waals surface area contributed by atoms with Crippen LogP contribution >= 0.6 is 11.8 Å². The standard InChI is InChI=1S/C20H26N4O4S/c1-4-6-18(25)22-16-8-5-7-15(10-16)11-21-19(26)12-29-14(3)20(27)23-17-9-13(2)28-24-17/h5,7-10,14H,4,6,11-12H2,1-3H3,(H,21,26)(H,22,25)(H,23,24,27). The lowest BCUT2D eigenvalue weighted by molar-refractivity contribution is -0.119. The molecule has 8 nitrogen and oxygen atoms in total. The summed E-state index contributed by atoms with van der Waals surface area (Å²) in [5.41, 5.74) is 1.59. The summed E-state index contributed by atoms with van der Waals surface area (Å²) < 4.78 is 4.90. The van der Waals surface area contributed by atoms with E-state index in [0.29, 0.717) is 30.2 Å². The molecule has 1 unspecified atom stereocenters. The van der Waals surface area contributed by atoms with Gasteiger partial charge in [-0.15, -0.1) is 11.8 Å². The van der Waals surface area contributed by atoms with Crippen LogP contribution in [0.1, 0.15) is 38.0 Å². The van der Waals surface area contributed by atoms with Crippen molar-refractivity contribution in [1.82, 2.24) is 10.5 Å². The monoisotopic (exact) mass is 418 g/mol. The Morgan fingerprint density at radius 3 is 2.66 bits per heavy atom. The highest BCUT2D eigenvalue weighted by Crippen LogP contribution is 2.15. The summed E-state index contributed by atoms with van der Waals surface area (Å²) in [6.07, 6.45) is 1.26. The van der Waals surface area contributed by atoms with Crippen LogP contribution in [-0.4, -0.2) is 33.9 Å². The third kappa shape index (κ3) is 7.98. The molecule has 2 aromatic rings. The molecule has 0 radical (unpaired) electrons. The summed E-state index contributed by atoms with van der Waals surface area (Å²) in [5.74, 6) is 0.667. The van der Waals surface area contributed by atoms with Crippen LogP contribution in [0.5, 0.6) is 0 Å². The molecule has 0 saturated heterocycles. The normalized spacial score (nSPS) is 11.6. The molecule has 1 aromatic heterocycles. The lowest BCUT2D eigenvalue weighted by atomic mass is 10.2. The molecule has 0 aliphatic carbocycles. The van der Waals surface area contributed by atoms with Crippen molar-refractivity contribution in [3.63, 3.8) is 0 Å². The average molecular weight is 419 g/mol. The summed E-state index contributed by atoms with van der Waals surface area (Å²) in [7, 11) is 0. The van der Waals surface area contributed by atoms with Gasteiger partial charge >= 0.3 is 0 Å². The second-order valence-electron chi connectivity index (χ2n) is 6.54. The number of amides is 3. The molecule has 9 heteroatoms. The van der Waals surface area contributed by atoms with Gasteiger partial charge in [0.05, 0.1) is 11.0 Å². The molecule has 3 N–H and O–H groups in total. The molecule has 1 atom stereocenters. The highest BCUT2D eigenvalue weighted by Gasteiger charge is 2.16. The highest BCUT2D eigenvalue weighted by molar-refractivity contribution is 8.01. The van der Waals surface area contributed by atoms with E-state index in [-0.39, 0.29) is 23.5 Å². The van der Waals surface area contributed by atoms with Crippen molar-refractivity contribution in [3.05, 3.63) is 41.7 Å². The van der Waals surface area contributed by atoms with Gasteiger partial charge in [-0.3, -0.25) is 14.4 Å². The maximum atomic E-state index is 12.1. The van der Waals surface area contributed by atoms with Crippen LogP contribution in [0.15, 0.2) is 34.9 Å². The van der Waals surface area contributed by atoms with Crippen molar-refractivity contribution < 1.29 is 18.9 Å². The second kappa shape index (κ2) is 11.3. The van der Waals surface area contributed by atoms with E-state index in [4.69, 9.17) is 4.52 Å². The van der Waals surface area contributed by atoms with Crippen LogP contribution in [0.25, 0.3) is 0 Å². The fourth-order valence-electron chi connectivity index (χ4n) is 2.39. The molecule has 0 spiro atoms. The Labute approximate surface area is 174 Å². The highest BCUT2D eigenvalue weighted by atomic mass is 32.2. The topological polar surface area (TPSA) is 113 Å². The number of hydrogen-bond donors (Lipinski definition) is 3. The number of nitrogens with one attached hydrogen (secondary N) is 3. The van der Waals surface area contributed by atoms with Gasteiger partial charge in [0.1, 0.15) is 5.76 Å². The largest absolute Gasteiger partial charge is 0.360 e. The number of rotatable bonds is 10. The first-order valence-electron chi connectivity index (χ1n) is 9.38. The summed E-state index contributed by atoms with van der Waals surface area (Å²) >= 11 is 1.23. The summed E-state index contributed by atoms with van der Waals surface area (Å²) in [6, 6.07) is 8.97. The SMILES string of the molecule is CCCC(=O)Nc1cccc(CNC(=O)CSC(C)C(=O)Nc2cc(C)on2)c1. The van der Waals surface area contributed by atoms with Gasteiger partial charge in [0.15, 0.2) is 5.82 Å². The Morgan fingerprint density at radius 1 is 1.17 bits per heavy atom. The van der Waals surface area contributed by atoms with Gasteiger partial charge in [-0.1, -0.05) is 24.2 Å². The minimum Gasteiger partial charge on any atom is -0.360 e. The number of anilines is 2. The molecular formula is C20H26N4O4S. The van der Waals surface area contributed by atoms with Gasteiger partial charge in [0.2, 0.25) is 17.7 Å². The fraction of sp³-hybridized carbons (Fsp3) is 0.400. The van der Waals surface area contributed by atoms with E-state index in [1.807, 2.05) is 31.2 Å². The Kier molecular flexibility index (Phi) is 8.72. The van der Waals surface area contributed by atoms with Crippen LogP contribution in [0, 0.1) is 6.92 Å². The van der Waals surface area contributed by atoms with Crippen molar-refractivity contribution in [2.45, 2.75) is 45.4 Å². The molecule has 1 heterocycles. The van der Waals surface area contributed by atoms with Gasteiger partial charge in [-0.25, -0.2) is 0 Å². The van der Waals surface area contributed by atoms with Crippen molar-refractivity contribution in [2.75, 3.05) is 16.4 Å². The van der Waals surface area contributed by atoms with Crippen LogP contribution in [-0.2, 0) is 20.9 Å². The van der Waals surface area contributed by atoms with Crippen LogP contribution in [0.2, 0.25) is 0 Å². The number of aromatic nitrogens is 1. The van der Waals surface area contributed by atoms with E-state index in [1.165, 1.54) is 11.8 Å². The summed E-state index contributed by atoms with van der Waals surface area (Å²) in [6.45, 7) is 5.75. The Bertz CT molecular complexity index is 853. The molecule has 0 aliphatic heterocycles. The minimum absolute atomic E-state index is 0.0295. The van der Waals surface area contributed by atoms with Crippen molar-refractivity contribution in [1.29, 1.82) is 0 Å². The fourth-order valence-corrected chi connectivity index (χ4v) is 3.10. The number of carbonyl (C=O) groups excluding carboxylic acids is 3. The molecule has 0 fully saturated rings. The molecule has 156 valence electrons. The van der Waals surface area contributed by atoms with Crippen LogP contribution in [0.4, 0.5) is 11.5 Å². The number of thioether (sulfide) groups is 1. The van der Waals surface area contributed by atoms with Crippen molar-refractivity contribution in [2.24, 2.45) is 0 Å². The first kappa shape index (κ1) is 22.5. The van der Waals surface area contributed by atoms with E-state index in [0.717, 1.165) is 12.0 Å². The Morgan fingerprint density at radius 2 is 1.97 bits per heavy atom. The van der Waals surface area contributed by atoms with Gasteiger partial charge in [-0.2, -0.15) is 0 Å². The zero-order valence-electron chi connectivity index (χ0n) is 16.8. The smallest absolute Gasteiger partial charge is 0.238 e. The van der Waals surface area contributed by atoms with E-state index >= 15 is 0 Å². The summed E-state index contributed by atoms with van der Waals surface area (Å²) in [5, 5.41) is 11.6. The number of nitrogens with zero attached hydrogens (tertiary/aromatic N) is 1. The van der Waals surface area contributed by atoms with E-state index < -0.39 is 5.25 Å². The molecule has 0 aliphatic rings. The molecular weight excluding hydrogens is 392 g/mol. The number of hydrogen-bond acceptors (Lipinski definition) is 6. The van der Waals surface area contributed by atoms with Crippen LogP contribution < -0.4 is 16.0 Å². The van der Waals surface area contributed by atoms with Crippen molar-refractivity contribution >= 4 is 41.0 Å². The second-order valence-corrected chi connectivity index (χ2v) is 7.87. The van der Waals surface area contributed by atoms with E-state index in [9.17, 15) is 14.4 Å². The molecule has 0 bridgehead atoms. The molecule has 1 aromatic carbocycles. The average Bonchev–Trinajstić information content (AvgIpc) is 3.09. The maximum Gasteiger partial charge on any atom is 0.238 e. The van der Waals surface area contributed by atoms with E-state index in [1.54, 1.807) is 19.9 Å². The predicted octanol–water partition coefficient (Wildman–Crippen LogP) is 3.10. The van der Waals surface area contributed by atoms with E-state index in [2.05, 4.69) is 21.1 Å². The summed E-state index contributed by atoms with van der Waals surface area (Å²) in [4.78, 5) is 35.9. The molecule has 2 rings (SSSR count). The minimum atomic E-state index is -0.421. The third-order valence-electron chi connectivity index (χ3n) is 3.89. The quantitative estimate of drug-likeness (QED) is 0.546. The van der Waals surface area contributed by atoms with Gasteiger partial charge in [-0.05, 0) is 38.0 Å². The van der Waals surface area contributed by atoms with Gasteiger partial charge in [0, 0.05) is 24.7 Å². The first-order chi connectivity index (χ1) is 13.9. The maximum absolute atomic E-state index is 12.1. The van der Waals surface area contributed by atoms with Crippen LogP contribution in [0.3, 0.4) is 0 Å². The van der Waals surface area contributed by atoms with Crippen molar-refractivity contribution in [3.8, 4) is 0 Å². The number of carbonyl (C=O) groups is 3. The Balaban J connectivity index is 1.73. The predicted molar refractivity (Wildman–Crippen MR) is 114 cm³/mol. The zero-order chi connectivity index (χ0) is 21.2. The zero-order valence-corrected chi connectivity index (χ0v) is 17.6. The van der Waals surface area contributed by atoms with Gasteiger partial charge in [0.25, 0.3) is 0 Å². The number of aryl methyl sites for hydroxylation is 1. The first-order valence-corrected chi connectivity index (χ1v) is 10.4. The molecule has 0 saturated carbocycles. The van der Waals surface area contributed by atoms with Gasteiger partial charge < -0.3 is 20.5 Å². The lowest BCUT2D eigenvalue weighted by Gasteiger charge is -2.11. The molecule has 29 heavy (non-hydrogen) atoms. The molecule has 3 amide bonds. The number of benzene rings is 1. The lowest BCUT2D eigenvalue weighted by Crippen LogP contribution is -2.28. The third-order valence-corrected chi connectivity index (χ3v) is 5.03. The Hall–Kier alpha value is -2.81.